The molecule has 0 bridgehead atoms. The van der Waals surface area contributed by atoms with Gasteiger partial charge in [-0.3, -0.25) is 9.48 Å². The highest BCUT2D eigenvalue weighted by atomic mass is 35.5. The number of rotatable bonds is 4. The fraction of sp³-hybridized carbons (Fsp3) is 0.318. The predicted octanol–water partition coefficient (Wildman–Crippen LogP) is 5.59. The average Bonchev–Trinajstić information content (AvgIpc) is 3.44. The van der Waals surface area contributed by atoms with Crippen molar-refractivity contribution in [2.45, 2.75) is 39.4 Å². The Morgan fingerprint density at radius 2 is 1.91 bits per heavy atom. The van der Waals surface area contributed by atoms with Crippen LogP contribution in [-0.2, 0) is 11.0 Å². The van der Waals surface area contributed by atoms with E-state index in [-0.39, 0.29) is 24.5 Å². The molecule has 0 saturated carbocycles. The maximum atomic E-state index is 13.4. The summed E-state index contributed by atoms with van der Waals surface area (Å²) in [6.07, 6.45) is -1.09. The first kappa shape index (κ1) is 23.0. The molecule has 3 heterocycles. The van der Waals surface area contributed by atoms with Crippen LogP contribution in [-0.4, -0.2) is 32.0 Å². The molecule has 6 nitrogen and oxygen atoms in total. The summed E-state index contributed by atoms with van der Waals surface area (Å²) in [4.78, 5) is 14.8. The largest absolute Gasteiger partial charge is 0.436 e. The van der Waals surface area contributed by atoms with Crippen LogP contribution in [0.5, 0.6) is 0 Å². The van der Waals surface area contributed by atoms with Crippen molar-refractivity contribution in [1.29, 1.82) is 0 Å². The van der Waals surface area contributed by atoms with Gasteiger partial charge in [0, 0.05) is 6.54 Å². The van der Waals surface area contributed by atoms with Crippen molar-refractivity contribution in [2.24, 2.45) is 0 Å². The van der Waals surface area contributed by atoms with Gasteiger partial charge in [0.2, 0.25) is 0 Å². The Labute approximate surface area is 192 Å². The second-order valence-corrected chi connectivity index (χ2v) is 8.10. The van der Waals surface area contributed by atoms with Gasteiger partial charge in [0.05, 0.1) is 34.0 Å². The van der Waals surface area contributed by atoms with E-state index in [2.05, 4.69) is 10.2 Å². The number of allylic oxidation sites excluding steroid dienone is 2. The summed E-state index contributed by atoms with van der Waals surface area (Å²) < 4.78 is 55.8. The summed E-state index contributed by atoms with van der Waals surface area (Å²) in [5.74, 6) is -0.797. The van der Waals surface area contributed by atoms with Crippen molar-refractivity contribution in [3.63, 3.8) is 0 Å². The van der Waals surface area contributed by atoms with Gasteiger partial charge < -0.3 is 4.90 Å². The van der Waals surface area contributed by atoms with Crippen LogP contribution in [0.4, 0.5) is 23.2 Å². The minimum atomic E-state index is -4.72. The minimum absolute atomic E-state index is 0.0797. The van der Waals surface area contributed by atoms with E-state index in [4.69, 9.17) is 11.6 Å². The third-order valence-corrected chi connectivity index (χ3v) is 6.19. The standard InChI is InChI=1S/C22H20ClF4N5O/c1-4-12(2)19-17(11-28-32(19)15-7-5-14(24)6-8-15)30-10-9-16(21(30)33)31-13(3)18(23)20(29-31)22(25,26)27/h4-8,11,16H,9-10H2,1-3H3. The van der Waals surface area contributed by atoms with Gasteiger partial charge in [0.15, 0.2) is 5.69 Å². The van der Waals surface area contributed by atoms with Crippen LogP contribution in [0.1, 0.15) is 43.4 Å². The van der Waals surface area contributed by atoms with E-state index in [1.54, 1.807) is 16.8 Å². The smallest absolute Gasteiger partial charge is 0.307 e. The molecule has 174 valence electrons. The van der Waals surface area contributed by atoms with Crippen LogP contribution >= 0.6 is 11.6 Å². The molecule has 3 aromatic rings. The summed E-state index contributed by atoms with van der Waals surface area (Å²) in [7, 11) is 0. The van der Waals surface area contributed by atoms with Crippen molar-refractivity contribution < 1.29 is 22.4 Å². The number of carbonyl (C=O) groups excluding carboxylic acids is 1. The molecule has 0 aliphatic carbocycles. The highest BCUT2D eigenvalue weighted by Crippen LogP contribution is 2.39. The van der Waals surface area contributed by atoms with E-state index >= 15 is 0 Å². The Bertz CT molecular complexity index is 1240. The molecule has 1 fully saturated rings. The monoisotopic (exact) mass is 481 g/mol. The minimum Gasteiger partial charge on any atom is -0.307 e. The number of hydrogen-bond donors (Lipinski definition) is 0. The van der Waals surface area contributed by atoms with E-state index in [0.29, 0.717) is 17.1 Å². The van der Waals surface area contributed by atoms with Crippen molar-refractivity contribution in [1.82, 2.24) is 19.6 Å². The Kier molecular flexibility index (Phi) is 5.81. The van der Waals surface area contributed by atoms with Crippen LogP contribution in [0.25, 0.3) is 11.3 Å². The van der Waals surface area contributed by atoms with Crippen molar-refractivity contribution >= 4 is 28.8 Å². The molecule has 1 unspecified atom stereocenters. The molecular formula is C22H20ClF4N5O. The number of halogens is 5. The maximum Gasteiger partial charge on any atom is 0.436 e. The fourth-order valence-corrected chi connectivity index (χ4v) is 4.17. The van der Waals surface area contributed by atoms with Crippen molar-refractivity contribution in [3.05, 3.63) is 64.5 Å². The van der Waals surface area contributed by atoms with Gasteiger partial charge in [-0.1, -0.05) is 17.7 Å². The third-order valence-electron chi connectivity index (χ3n) is 5.74. The maximum absolute atomic E-state index is 13.4. The van der Waals surface area contributed by atoms with Crippen molar-refractivity contribution in [2.75, 3.05) is 11.4 Å². The average molecular weight is 482 g/mol. The molecule has 0 N–H and O–H groups in total. The van der Waals surface area contributed by atoms with E-state index < -0.39 is 28.8 Å². The first-order chi connectivity index (χ1) is 15.5. The molecule has 1 aliphatic rings. The number of carbonyl (C=O) groups is 1. The molecule has 0 radical (unpaired) electrons. The van der Waals surface area contributed by atoms with Crippen LogP contribution in [0.3, 0.4) is 0 Å². The molecule has 4 rings (SSSR count). The lowest BCUT2D eigenvalue weighted by Gasteiger charge is -2.19. The summed E-state index contributed by atoms with van der Waals surface area (Å²) in [5, 5.41) is 7.51. The zero-order valence-corrected chi connectivity index (χ0v) is 18.7. The van der Waals surface area contributed by atoms with Gasteiger partial charge in [-0.05, 0) is 57.0 Å². The number of benzene rings is 1. The second-order valence-electron chi connectivity index (χ2n) is 7.72. The predicted molar refractivity (Wildman–Crippen MR) is 116 cm³/mol. The molecule has 11 heteroatoms. The van der Waals surface area contributed by atoms with Gasteiger partial charge >= 0.3 is 6.18 Å². The summed E-state index contributed by atoms with van der Waals surface area (Å²) in [6, 6.07) is 4.84. The zero-order valence-electron chi connectivity index (χ0n) is 18.0. The molecule has 1 saturated heterocycles. The molecule has 0 spiro atoms. The first-order valence-corrected chi connectivity index (χ1v) is 10.5. The lowest BCUT2D eigenvalue weighted by molar-refractivity contribution is -0.141. The fourth-order valence-electron chi connectivity index (χ4n) is 3.94. The van der Waals surface area contributed by atoms with E-state index in [9.17, 15) is 22.4 Å². The van der Waals surface area contributed by atoms with Crippen LogP contribution in [0, 0.1) is 12.7 Å². The van der Waals surface area contributed by atoms with Gasteiger partial charge in [-0.2, -0.15) is 23.4 Å². The highest BCUT2D eigenvalue weighted by Gasteiger charge is 2.42. The van der Waals surface area contributed by atoms with E-state index in [1.165, 1.54) is 30.2 Å². The number of nitrogens with zero attached hydrogens (tertiary/aromatic N) is 5. The molecule has 1 aromatic carbocycles. The Morgan fingerprint density at radius 1 is 1.24 bits per heavy atom. The number of hydrogen-bond acceptors (Lipinski definition) is 3. The molecular weight excluding hydrogens is 462 g/mol. The number of anilines is 1. The number of aromatic nitrogens is 4. The van der Waals surface area contributed by atoms with E-state index in [1.807, 2.05) is 19.9 Å². The van der Waals surface area contributed by atoms with Gasteiger partial charge in [0.25, 0.3) is 5.91 Å². The molecule has 1 atom stereocenters. The Hall–Kier alpha value is -3.14. The Balaban J connectivity index is 1.74. The first-order valence-electron chi connectivity index (χ1n) is 10.1. The van der Waals surface area contributed by atoms with E-state index in [0.717, 1.165) is 10.3 Å². The zero-order chi connectivity index (χ0) is 24.1. The quantitative estimate of drug-likeness (QED) is 0.456. The van der Waals surface area contributed by atoms with Crippen molar-refractivity contribution in [3.8, 4) is 5.69 Å². The van der Waals surface area contributed by atoms with Crippen LogP contribution < -0.4 is 4.90 Å². The molecule has 2 aromatic heterocycles. The third kappa shape index (κ3) is 3.92. The lowest BCUT2D eigenvalue weighted by atomic mass is 10.1. The van der Waals surface area contributed by atoms with Crippen LogP contribution in [0.15, 0.2) is 36.5 Å². The summed E-state index contributed by atoms with van der Waals surface area (Å²) in [6.45, 7) is 5.36. The molecule has 33 heavy (non-hydrogen) atoms. The summed E-state index contributed by atoms with van der Waals surface area (Å²) in [5.41, 5.74) is 1.43. The highest BCUT2D eigenvalue weighted by molar-refractivity contribution is 6.32. The molecule has 1 aliphatic heterocycles. The second kappa shape index (κ2) is 8.33. The van der Waals surface area contributed by atoms with Gasteiger partial charge in [0.1, 0.15) is 11.9 Å². The summed E-state index contributed by atoms with van der Waals surface area (Å²) >= 11 is 5.87. The molecule has 1 amide bonds. The number of alkyl halides is 3. The lowest BCUT2D eigenvalue weighted by Crippen LogP contribution is -2.29. The SMILES string of the molecule is CC=C(C)c1c(N2CCC(n3nc(C(F)(F)F)c(Cl)c3C)C2=O)cnn1-c1ccc(F)cc1. The Morgan fingerprint density at radius 3 is 2.48 bits per heavy atom. The topological polar surface area (TPSA) is 56.0 Å². The van der Waals surface area contributed by atoms with Crippen LogP contribution in [0.2, 0.25) is 5.02 Å². The normalized spacial score (nSPS) is 17.3. The number of amides is 1. The van der Waals surface area contributed by atoms with Gasteiger partial charge in [-0.25, -0.2) is 9.07 Å². The van der Waals surface area contributed by atoms with Gasteiger partial charge in [-0.15, -0.1) is 0 Å².